The summed E-state index contributed by atoms with van der Waals surface area (Å²) in [5, 5.41) is 33.0. The van der Waals surface area contributed by atoms with Crippen molar-refractivity contribution in [2.75, 3.05) is 13.2 Å². The van der Waals surface area contributed by atoms with Gasteiger partial charge in [0.1, 0.15) is 6.10 Å². The molecule has 0 aromatic carbocycles. The van der Waals surface area contributed by atoms with Gasteiger partial charge in [-0.2, -0.15) is 0 Å². The van der Waals surface area contributed by atoms with Gasteiger partial charge in [-0.05, 0) is 12.8 Å². The lowest BCUT2D eigenvalue weighted by molar-refractivity contribution is -0.142. The first-order chi connectivity index (χ1) is 9.53. The van der Waals surface area contributed by atoms with Crippen molar-refractivity contribution in [2.24, 2.45) is 5.92 Å². The Morgan fingerprint density at radius 2 is 1.40 bits per heavy atom. The topological polar surface area (TPSA) is 98.0 Å². The van der Waals surface area contributed by atoms with Gasteiger partial charge >= 0.3 is 5.97 Å². The SMILES string of the molecule is CCCCCCC(CCCC)C(=O)O.OCC(O)CO. The van der Waals surface area contributed by atoms with E-state index in [4.69, 9.17) is 20.4 Å². The van der Waals surface area contributed by atoms with E-state index >= 15 is 0 Å². The van der Waals surface area contributed by atoms with E-state index in [-0.39, 0.29) is 19.1 Å². The van der Waals surface area contributed by atoms with Crippen molar-refractivity contribution in [2.45, 2.75) is 71.3 Å². The summed E-state index contributed by atoms with van der Waals surface area (Å²) < 4.78 is 0. The molecular formula is C15H32O5. The maximum atomic E-state index is 10.9. The summed E-state index contributed by atoms with van der Waals surface area (Å²) in [6.45, 7) is 3.55. The Kier molecular flexibility index (Phi) is 17.8. The smallest absolute Gasteiger partial charge is 0.306 e. The van der Waals surface area contributed by atoms with Crippen molar-refractivity contribution in [1.82, 2.24) is 0 Å². The molecule has 0 spiro atoms. The van der Waals surface area contributed by atoms with Crippen LogP contribution in [0.3, 0.4) is 0 Å². The molecule has 0 fully saturated rings. The molecule has 1 unspecified atom stereocenters. The highest BCUT2D eigenvalue weighted by Crippen LogP contribution is 2.17. The molecule has 122 valence electrons. The third-order valence-electron chi connectivity index (χ3n) is 3.08. The van der Waals surface area contributed by atoms with Crippen LogP contribution in [-0.2, 0) is 4.79 Å². The minimum absolute atomic E-state index is 0.0909. The van der Waals surface area contributed by atoms with Crippen molar-refractivity contribution >= 4 is 5.97 Å². The fraction of sp³-hybridized carbons (Fsp3) is 0.933. The summed E-state index contributed by atoms with van der Waals surface area (Å²) in [4.78, 5) is 10.9. The third kappa shape index (κ3) is 15.4. The third-order valence-corrected chi connectivity index (χ3v) is 3.08. The zero-order chi connectivity index (χ0) is 15.8. The lowest BCUT2D eigenvalue weighted by Crippen LogP contribution is -2.15. The summed E-state index contributed by atoms with van der Waals surface area (Å²) in [5.41, 5.74) is 0. The number of carboxylic acids is 1. The fourth-order valence-electron chi connectivity index (χ4n) is 1.72. The Balaban J connectivity index is 0. The average Bonchev–Trinajstić information content (AvgIpc) is 2.46. The Morgan fingerprint density at radius 1 is 0.900 bits per heavy atom. The molecule has 0 radical (unpaired) electrons. The number of rotatable bonds is 11. The van der Waals surface area contributed by atoms with Crippen molar-refractivity contribution in [3.63, 3.8) is 0 Å². The van der Waals surface area contributed by atoms with E-state index in [1.807, 2.05) is 0 Å². The van der Waals surface area contributed by atoms with Crippen LogP contribution in [0.15, 0.2) is 0 Å². The first-order valence-electron chi connectivity index (χ1n) is 7.65. The summed E-state index contributed by atoms with van der Waals surface area (Å²) in [5.74, 6) is -0.693. The second kappa shape index (κ2) is 16.4. The van der Waals surface area contributed by atoms with Crippen LogP contribution < -0.4 is 0 Å². The normalized spacial score (nSPS) is 11.9. The summed E-state index contributed by atoms with van der Waals surface area (Å²) >= 11 is 0. The standard InChI is InChI=1S/C12H24O2.C3H8O3/c1-3-5-7-8-10-11(12(13)14)9-6-4-2;4-1-3(6)2-5/h11H,3-10H2,1-2H3,(H,13,14);3-6H,1-2H2. The molecule has 5 nitrogen and oxygen atoms in total. The van der Waals surface area contributed by atoms with Crippen LogP contribution in [0.25, 0.3) is 0 Å². The number of carboxylic acid groups (broad SMARTS) is 1. The minimum Gasteiger partial charge on any atom is -0.481 e. The van der Waals surface area contributed by atoms with E-state index in [9.17, 15) is 4.79 Å². The predicted molar refractivity (Wildman–Crippen MR) is 79.6 cm³/mol. The molecule has 1 atom stereocenters. The molecular weight excluding hydrogens is 260 g/mol. The number of unbranched alkanes of at least 4 members (excludes halogenated alkanes) is 4. The second-order valence-electron chi connectivity index (χ2n) is 5.05. The van der Waals surface area contributed by atoms with Gasteiger partial charge < -0.3 is 20.4 Å². The van der Waals surface area contributed by atoms with E-state index < -0.39 is 12.1 Å². The molecule has 0 aliphatic heterocycles. The van der Waals surface area contributed by atoms with E-state index in [0.29, 0.717) is 0 Å². The Labute approximate surface area is 122 Å². The van der Waals surface area contributed by atoms with Crippen LogP contribution in [0.4, 0.5) is 0 Å². The Hall–Kier alpha value is -0.650. The number of aliphatic hydroxyl groups excluding tert-OH is 3. The molecule has 0 bridgehead atoms. The number of hydrogen-bond donors (Lipinski definition) is 4. The molecule has 0 aliphatic rings. The molecule has 0 saturated carbocycles. The molecule has 5 heteroatoms. The molecule has 20 heavy (non-hydrogen) atoms. The number of hydrogen-bond acceptors (Lipinski definition) is 4. The zero-order valence-corrected chi connectivity index (χ0v) is 12.9. The fourth-order valence-corrected chi connectivity index (χ4v) is 1.72. The molecule has 0 aliphatic carbocycles. The number of aliphatic hydroxyl groups is 3. The van der Waals surface area contributed by atoms with Gasteiger partial charge in [-0.25, -0.2) is 0 Å². The van der Waals surface area contributed by atoms with E-state index in [1.165, 1.54) is 19.3 Å². The zero-order valence-electron chi connectivity index (χ0n) is 12.9. The first-order valence-corrected chi connectivity index (χ1v) is 7.65. The van der Waals surface area contributed by atoms with Crippen molar-refractivity contribution in [1.29, 1.82) is 0 Å². The maximum Gasteiger partial charge on any atom is 0.306 e. The van der Waals surface area contributed by atoms with Gasteiger partial charge in [0.25, 0.3) is 0 Å². The van der Waals surface area contributed by atoms with Gasteiger partial charge in [-0.15, -0.1) is 0 Å². The molecule has 0 aromatic heterocycles. The summed E-state index contributed by atoms with van der Waals surface area (Å²) in [6, 6.07) is 0. The minimum atomic E-state index is -0.954. The highest BCUT2D eigenvalue weighted by Gasteiger charge is 2.15. The van der Waals surface area contributed by atoms with E-state index in [0.717, 1.165) is 32.1 Å². The van der Waals surface area contributed by atoms with Crippen molar-refractivity contribution in [3.8, 4) is 0 Å². The van der Waals surface area contributed by atoms with Gasteiger partial charge in [0.05, 0.1) is 19.1 Å². The quantitative estimate of drug-likeness (QED) is 0.438. The maximum absolute atomic E-state index is 10.9. The van der Waals surface area contributed by atoms with Crippen LogP contribution >= 0.6 is 0 Å². The van der Waals surface area contributed by atoms with Crippen LogP contribution in [-0.4, -0.2) is 45.7 Å². The lowest BCUT2D eigenvalue weighted by Gasteiger charge is -2.10. The number of aliphatic carboxylic acids is 1. The molecule has 0 amide bonds. The molecule has 0 rings (SSSR count). The van der Waals surface area contributed by atoms with Gasteiger partial charge in [-0.1, -0.05) is 52.4 Å². The van der Waals surface area contributed by atoms with Crippen molar-refractivity contribution < 1.29 is 25.2 Å². The average molecular weight is 292 g/mol. The molecule has 4 N–H and O–H groups in total. The van der Waals surface area contributed by atoms with Crippen LogP contribution in [0, 0.1) is 5.92 Å². The lowest BCUT2D eigenvalue weighted by atomic mass is 9.95. The highest BCUT2D eigenvalue weighted by molar-refractivity contribution is 5.69. The molecule has 0 heterocycles. The summed E-state index contributed by atoms with van der Waals surface area (Å²) in [6.07, 6.45) is 7.63. The monoisotopic (exact) mass is 292 g/mol. The van der Waals surface area contributed by atoms with Crippen molar-refractivity contribution in [3.05, 3.63) is 0 Å². The van der Waals surface area contributed by atoms with Gasteiger partial charge in [0, 0.05) is 0 Å². The van der Waals surface area contributed by atoms with Gasteiger partial charge in [0.15, 0.2) is 0 Å². The molecule has 0 saturated heterocycles. The molecule has 0 aromatic rings. The second-order valence-corrected chi connectivity index (χ2v) is 5.05. The Morgan fingerprint density at radius 3 is 1.75 bits per heavy atom. The van der Waals surface area contributed by atoms with Crippen LogP contribution in [0.5, 0.6) is 0 Å². The van der Waals surface area contributed by atoms with Crippen LogP contribution in [0.1, 0.15) is 65.2 Å². The van der Waals surface area contributed by atoms with Crippen LogP contribution in [0.2, 0.25) is 0 Å². The highest BCUT2D eigenvalue weighted by atomic mass is 16.4. The van der Waals surface area contributed by atoms with E-state index in [2.05, 4.69) is 13.8 Å². The van der Waals surface area contributed by atoms with E-state index in [1.54, 1.807) is 0 Å². The largest absolute Gasteiger partial charge is 0.481 e. The predicted octanol–water partition coefficient (Wildman–Crippen LogP) is 2.18. The Bertz CT molecular complexity index is 204. The first kappa shape index (κ1) is 21.6. The summed E-state index contributed by atoms with van der Waals surface area (Å²) in [7, 11) is 0. The van der Waals surface area contributed by atoms with Gasteiger partial charge in [-0.3, -0.25) is 4.79 Å². The number of carbonyl (C=O) groups is 1. The van der Waals surface area contributed by atoms with Gasteiger partial charge in [0.2, 0.25) is 0 Å².